The maximum Gasteiger partial charge on any atom is 0.251 e. The molecule has 1 aromatic heterocycles. The van der Waals surface area contributed by atoms with E-state index in [-0.39, 0.29) is 5.91 Å². The molecule has 0 aliphatic carbocycles. The Morgan fingerprint density at radius 3 is 2.40 bits per heavy atom. The van der Waals surface area contributed by atoms with E-state index in [0.717, 1.165) is 34.4 Å². The Kier molecular flexibility index (Phi) is 5.24. The van der Waals surface area contributed by atoms with Gasteiger partial charge < -0.3 is 5.32 Å². The second-order valence-corrected chi connectivity index (χ2v) is 6.11. The van der Waals surface area contributed by atoms with Gasteiger partial charge in [-0.25, -0.2) is 0 Å². The van der Waals surface area contributed by atoms with Crippen molar-refractivity contribution in [1.29, 1.82) is 0 Å². The summed E-state index contributed by atoms with van der Waals surface area (Å²) in [5, 5.41) is 2.90. The van der Waals surface area contributed by atoms with Crippen LogP contribution in [0.4, 0.5) is 0 Å². The van der Waals surface area contributed by atoms with Crippen molar-refractivity contribution in [3.63, 3.8) is 0 Å². The van der Waals surface area contributed by atoms with Crippen molar-refractivity contribution in [3.8, 4) is 22.4 Å². The SMILES string of the molecule is CCCNC(=O)c1ccc(-c2cc(C)cnc2-c2ccccc2)cc1. The predicted octanol–water partition coefficient (Wildman–Crippen LogP) is 4.86. The molecule has 0 unspecified atom stereocenters. The number of pyridine rings is 1. The van der Waals surface area contributed by atoms with Gasteiger partial charge in [-0.15, -0.1) is 0 Å². The summed E-state index contributed by atoms with van der Waals surface area (Å²) < 4.78 is 0. The van der Waals surface area contributed by atoms with E-state index in [1.807, 2.05) is 62.5 Å². The minimum atomic E-state index is -0.0287. The van der Waals surface area contributed by atoms with Crippen molar-refractivity contribution in [1.82, 2.24) is 10.3 Å². The number of benzene rings is 2. The first-order valence-electron chi connectivity index (χ1n) is 8.59. The third-order valence-electron chi connectivity index (χ3n) is 4.07. The zero-order valence-corrected chi connectivity index (χ0v) is 14.6. The predicted molar refractivity (Wildman–Crippen MR) is 102 cm³/mol. The molecule has 1 N–H and O–H groups in total. The molecule has 3 nitrogen and oxygen atoms in total. The summed E-state index contributed by atoms with van der Waals surface area (Å²) in [6.07, 6.45) is 2.82. The molecule has 0 bridgehead atoms. The maximum absolute atomic E-state index is 12.1. The number of hydrogen-bond donors (Lipinski definition) is 1. The molecule has 25 heavy (non-hydrogen) atoms. The van der Waals surface area contributed by atoms with Gasteiger partial charge in [-0.1, -0.05) is 49.4 Å². The maximum atomic E-state index is 12.1. The van der Waals surface area contributed by atoms with E-state index in [1.165, 1.54) is 0 Å². The van der Waals surface area contributed by atoms with Crippen LogP contribution in [0.1, 0.15) is 29.3 Å². The summed E-state index contributed by atoms with van der Waals surface area (Å²) >= 11 is 0. The Bertz CT molecular complexity index is 855. The van der Waals surface area contributed by atoms with Gasteiger partial charge in [-0.05, 0) is 42.7 Å². The van der Waals surface area contributed by atoms with Gasteiger partial charge in [0, 0.05) is 29.4 Å². The number of rotatable bonds is 5. The molecule has 126 valence electrons. The summed E-state index contributed by atoms with van der Waals surface area (Å²) in [6.45, 7) is 4.78. The second kappa shape index (κ2) is 7.75. The van der Waals surface area contributed by atoms with Gasteiger partial charge in [-0.3, -0.25) is 9.78 Å². The van der Waals surface area contributed by atoms with Crippen LogP contribution >= 0.6 is 0 Å². The molecule has 1 amide bonds. The molecule has 0 atom stereocenters. The number of aryl methyl sites for hydroxylation is 1. The van der Waals surface area contributed by atoms with Gasteiger partial charge in [0.15, 0.2) is 0 Å². The monoisotopic (exact) mass is 330 g/mol. The van der Waals surface area contributed by atoms with E-state index in [1.54, 1.807) is 0 Å². The standard InChI is InChI=1S/C22H22N2O/c1-3-13-23-22(25)19-11-9-17(10-12-19)20-14-16(2)15-24-21(20)18-7-5-4-6-8-18/h4-12,14-15H,3,13H2,1-2H3,(H,23,25). The molecular weight excluding hydrogens is 308 g/mol. The third-order valence-corrected chi connectivity index (χ3v) is 4.07. The van der Waals surface area contributed by atoms with Crippen LogP contribution in [0.3, 0.4) is 0 Å². The average molecular weight is 330 g/mol. The number of hydrogen-bond acceptors (Lipinski definition) is 2. The molecule has 0 radical (unpaired) electrons. The molecule has 1 heterocycles. The van der Waals surface area contributed by atoms with Crippen molar-refractivity contribution < 1.29 is 4.79 Å². The molecule has 2 aromatic carbocycles. The summed E-state index contributed by atoms with van der Waals surface area (Å²) in [6, 6.07) is 20.0. The van der Waals surface area contributed by atoms with Gasteiger partial charge in [0.2, 0.25) is 0 Å². The largest absolute Gasteiger partial charge is 0.352 e. The van der Waals surface area contributed by atoms with E-state index in [4.69, 9.17) is 0 Å². The zero-order chi connectivity index (χ0) is 17.6. The zero-order valence-electron chi connectivity index (χ0n) is 14.6. The average Bonchev–Trinajstić information content (AvgIpc) is 2.67. The van der Waals surface area contributed by atoms with E-state index < -0.39 is 0 Å². The van der Waals surface area contributed by atoms with Crippen LogP contribution in [0.25, 0.3) is 22.4 Å². The Morgan fingerprint density at radius 1 is 1.00 bits per heavy atom. The van der Waals surface area contributed by atoms with Crippen LogP contribution in [-0.4, -0.2) is 17.4 Å². The lowest BCUT2D eigenvalue weighted by Gasteiger charge is -2.11. The van der Waals surface area contributed by atoms with Crippen molar-refractivity contribution in [3.05, 3.63) is 78.0 Å². The smallest absolute Gasteiger partial charge is 0.251 e. The molecule has 3 rings (SSSR count). The first-order chi connectivity index (χ1) is 12.2. The molecule has 0 fully saturated rings. The molecule has 3 aromatic rings. The molecule has 0 saturated heterocycles. The Hall–Kier alpha value is -2.94. The van der Waals surface area contributed by atoms with E-state index in [2.05, 4.69) is 28.5 Å². The summed E-state index contributed by atoms with van der Waals surface area (Å²) in [5.74, 6) is -0.0287. The molecule has 0 aliphatic rings. The van der Waals surface area contributed by atoms with Gasteiger partial charge >= 0.3 is 0 Å². The highest BCUT2D eigenvalue weighted by Crippen LogP contribution is 2.31. The van der Waals surface area contributed by atoms with E-state index in [9.17, 15) is 4.79 Å². The lowest BCUT2D eigenvalue weighted by atomic mass is 9.97. The van der Waals surface area contributed by atoms with Crippen LogP contribution in [0.15, 0.2) is 66.9 Å². The van der Waals surface area contributed by atoms with E-state index >= 15 is 0 Å². The van der Waals surface area contributed by atoms with Crippen molar-refractivity contribution in [2.75, 3.05) is 6.54 Å². The van der Waals surface area contributed by atoms with Gasteiger partial charge in [0.05, 0.1) is 5.69 Å². The first-order valence-corrected chi connectivity index (χ1v) is 8.59. The fraction of sp³-hybridized carbons (Fsp3) is 0.182. The number of carbonyl (C=O) groups excluding carboxylic acids is 1. The van der Waals surface area contributed by atoms with Gasteiger partial charge in [0.25, 0.3) is 5.91 Å². The van der Waals surface area contributed by atoms with Crippen LogP contribution in [0, 0.1) is 6.92 Å². The van der Waals surface area contributed by atoms with Crippen LogP contribution in [0.2, 0.25) is 0 Å². The van der Waals surface area contributed by atoms with Crippen LogP contribution < -0.4 is 5.32 Å². The van der Waals surface area contributed by atoms with Crippen molar-refractivity contribution >= 4 is 5.91 Å². The number of amides is 1. The lowest BCUT2D eigenvalue weighted by Crippen LogP contribution is -2.23. The number of nitrogens with one attached hydrogen (secondary N) is 1. The van der Waals surface area contributed by atoms with Crippen molar-refractivity contribution in [2.45, 2.75) is 20.3 Å². The fourth-order valence-corrected chi connectivity index (χ4v) is 2.76. The van der Waals surface area contributed by atoms with Crippen LogP contribution in [0.5, 0.6) is 0 Å². The molecular formula is C22H22N2O. The highest BCUT2D eigenvalue weighted by molar-refractivity contribution is 5.95. The number of aromatic nitrogens is 1. The van der Waals surface area contributed by atoms with E-state index in [0.29, 0.717) is 12.1 Å². The highest BCUT2D eigenvalue weighted by Gasteiger charge is 2.11. The van der Waals surface area contributed by atoms with Gasteiger partial charge in [-0.2, -0.15) is 0 Å². The summed E-state index contributed by atoms with van der Waals surface area (Å²) in [7, 11) is 0. The lowest BCUT2D eigenvalue weighted by molar-refractivity contribution is 0.0953. The molecule has 3 heteroatoms. The van der Waals surface area contributed by atoms with Crippen LogP contribution in [-0.2, 0) is 0 Å². The molecule has 0 spiro atoms. The molecule has 0 aliphatic heterocycles. The highest BCUT2D eigenvalue weighted by atomic mass is 16.1. The summed E-state index contributed by atoms with van der Waals surface area (Å²) in [5.41, 5.74) is 5.96. The minimum Gasteiger partial charge on any atom is -0.352 e. The van der Waals surface area contributed by atoms with Crippen molar-refractivity contribution in [2.24, 2.45) is 0 Å². The number of nitrogens with zero attached hydrogens (tertiary/aromatic N) is 1. The summed E-state index contributed by atoms with van der Waals surface area (Å²) in [4.78, 5) is 16.7. The normalized spacial score (nSPS) is 10.5. The first kappa shape index (κ1) is 16.9. The number of carbonyl (C=O) groups is 1. The minimum absolute atomic E-state index is 0.0287. The molecule has 0 saturated carbocycles. The topological polar surface area (TPSA) is 42.0 Å². The van der Waals surface area contributed by atoms with Gasteiger partial charge in [0.1, 0.15) is 0 Å². The fourth-order valence-electron chi connectivity index (χ4n) is 2.76. The Labute approximate surface area is 148 Å². The third kappa shape index (κ3) is 3.94. The Balaban J connectivity index is 1.96. The quantitative estimate of drug-likeness (QED) is 0.725. The Morgan fingerprint density at radius 2 is 1.72 bits per heavy atom. The second-order valence-electron chi connectivity index (χ2n) is 6.11.